The molecule has 0 radical (unpaired) electrons. The van der Waals surface area contributed by atoms with Crippen molar-refractivity contribution in [1.82, 2.24) is 19.7 Å². The van der Waals surface area contributed by atoms with Gasteiger partial charge in [0.25, 0.3) is 0 Å². The number of pyridine rings is 1. The van der Waals surface area contributed by atoms with Crippen molar-refractivity contribution >= 4 is 23.2 Å². The number of para-hydroxylation sites is 1. The molecule has 8 nitrogen and oxygen atoms in total. The van der Waals surface area contributed by atoms with Crippen LogP contribution in [0, 0.1) is 11.8 Å². The first-order chi connectivity index (χ1) is 16.0. The molecule has 174 valence electrons. The number of nitrogens with one attached hydrogen (secondary N) is 1. The van der Waals surface area contributed by atoms with Crippen molar-refractivity contribution < 1.29 is 9.47 Å². The number of ether oxygens (including phenoxy) is 2. The maximum Gasteiger partial charge on any atom is 0.322 e. The monoisotopic (exact) mass is 468 g/mol. The molecule has 1 aliphatic heterocycles. The van der Waals surface area contributed by atoms with Crippen LogP contribution in [0.15, 0.2) is 42.6 Å². The predicted molar refractivity (Wildman–Crippen MR) is 129 cm³/mol. The van der Waals surface area contributed by atoms with E-state index < -0.39 is 0 Å². The molecule has 5 rings (SSSR count). The Labute approximate surface area is 198 Å². The fourth-order valence-corrected chi connectivity index (χ4v) is 5.10. The molecule has 1 N–H and O–H groups in total. The second kappa shape index (κ2) is 9.09. The van der Waals surface area contributed by atoms with Crippen molar-refractivity contribution in [3.05, 3.63) is 47.6 Å². The molecule has 2 bridgehead atoms. The van der Waals surface area contributed by atoms with Gasteiger partial charge in [-0.3, -0.25) is 0 Å². The molecule has 1 saturated carbocycles. The highest BCUT2D eigenvalue weighted by molar-refractivity contribution is 6.32. The van der Waals surface area contributed by atoms with E-state index in [1.54, 1.807) is 17.9 Å². The largest absolute Gasteiger partial charge is 0.481 e. The molecule has 2 unspecified atom stereocenters. The average molecular weight is 469 g/mol. The number of benzene rings is 1. The molecule has 3 aromatic rings. The SMILES string of the molecule is COc1cc(N2CC3CCC(C2)C3Nc2nc(Oc3ccccc3Cl)n(C(C)C)n2)ccn1. The van der Waals surface area contributed by atoms with Crippen LogP contribution >= 0.6 is 11.6 Å². The van der Waals surface area contributed by atoms with Gasteiger partial charge < -0.3 is 19.7 Å². The van der Waals surface area contributed by atoms with Crippen molar-refractivity contribution in [2.45, 2.75) is 38.8 Å². The average Bonchev–Trinajstić information content (AvgIpc) is 3.31. The van der Waals surface area contributed by atoms with E-state index in [4.69, 9.17) is 26.2 Å². The minimum absolute atomic E-state index is 0.103. The molecule has 33 heavy (non-hydrogen) atoms. The summed E-state index contributed by atoms with van der Waals surface area (Å²) in [5.74, 6) is 2.85. The quantitative estimate of drug-likeness (QED) is 0.520. The van der Waals surface area contributed by atoms with Crippen molar-refractivity contribution in [1.29, 1.82) is 0 Å². The van der Waals surface area contributed by atoms with Crippen molar-refractivity contribution in [3.8, 4) is 17.6 Å². The second-order valence-electron chi connectivity index (χ2n) is 9.02. The van der Waals surface area contributed by atoms with Gasteiger partial charge in [-0.05, 0) is 56.7 Å². The molecule has 2 atom stereocenters. The van der Waals surface area contributed by atoms with E-state index in [1.165, 1.54) is 12.8 Å². The number of fused-ring (bicyclic) bond motifs is 2. The number of nitrogens with zero attached hydrogens (tertiary/aromatic N) is 5. The first-order valence-corrected chi connectivity index (χ1v) is 11.8. The van der Waals surface area contributed by atoms with E-state index in [2.05, 4.69) is 40.1 Å². The van der Waals surface area contributed by atoms with E-state index in [-0.39, 0.29) is 6.04 Å². The van der Waals surface area contributed by atoms with Gasteiger partial charge in [0.2, 0.25) is 11.8 Å². The molecule has 0 spiro atoms. The number of methoxy groups -OCH3 is 1. The van der Waals surface area contributed by atoms with Crippen LogP contribution in [-0.4, -0.2) is 46.0 Å². The number of rotatable bonds is 7. The van der Waals surface area contributed by atoms with Gasteiger partial charge >= 0.3 is 6.01 Å². The van der Waals surface area contributed by atoms with Crippen molar-refractivity contribution in [3.63, 3.8) is 0 Å². The lowest BCUT2D eigenvalue weighted by atomic mass is 9.92. The number of hydrogen-bond donors (Lipinski definition) is 1. The van der Waals surface area contributed by atoms with E-state index in [0.717, 1.165) is 18.8 Å². The van der Waals surface area contributed by atoms with Gasteiger partial charge in [0.05, 0.1) is 18.2 Å². The Morgan fingerprint density at radius 3 is 2.58 bits per heavy atom. The number of halogens is 1. The number of aromatic nitrogens is 4. The Hall–Kier alpha value is -3.00. The second-order valence-corrected chi connectivity index (χ2v) is 9.43. The third kappa shape index (κ3) is 4.44. The van der Waals surface area contributed by atoms with Gasteiger partial charge in [0.1, 0.15) is 5.75 Å². The first kappa shape index (κ1) is 21.8. The molecule has 3 heterocycles. The number of anilines is 2. The van der Waals surface area contributed by atoms with Gasteiger partial charge in [-0.1, -0.05) is 23.7 Å². The summed E-state index contributed by atoms with van der Waals surface area (Å²) < 4.78 is 13.1. The standard InChI is InChI=1S/C24H29ClN6O2/c1-15(2)31-24(33-20-7-5-4-6-19(20)25)28-23(29-31)27-22-16-8-9-17(22)14-30(13-16)18-10-11-26-21(12-18)32-3/h4-7,10-12,15-17,22H,8-9,13-14H2,1-3H3,(H,27,29). The Kier molecular flexibility index (Phi) is 6.01. The Bertz CT molecular complexity index is 1110. The summed E-state index contributed by atoms with van der Waals surface area (Å²) >= 11 is 6.28. The molecule has 1 saturated heterocycles. The maximum atomic E-state index is 6.28. The van der Waals surface area contributed by atoms with Crippen molar-refractivity contribution in [2.75, 3.05) is 30.4 Å². The third-order valence-corrected chi connectivity index (χ3v) is 6.86. The fraction of sp³-hybridized carbons (Fsp3) is 0.458. The summed E-state index contributed by atoms with van der Waals surface area (Å²) in [4.78, 5) is 11.4. The number of piperidine rings is 1. The maximum absolute atomic E-state index is 6.28. The van der Waals surface area contributed by atoms with Crippen LogP contribution in [0.5, 0.6) is 17.6 Å². The van der Waals surface area contributed by atoms with E-state index in [0.29, 0.717) is 46.5 Å². The normalized spacial score (nSPS) is 22.0. The van der Waals surface area contributed by atoms with E-state index in [9.17, 15) is 0 Å². The highest BCUT2D eigenvalue weighted by atomic mass is 35.5. The summed E-state index contributed by atoms with van der Waals surface area (Å²) in [6.45, 7) is 6.08. The molecule has 2 aromatic heterocycles. The number of hydrogen-bond acceptors (Lipinski definition) is 7. The summed E-state index contributed by atoms with van der Waals surface area (Å²) in [6, 6.07) is 12.3. The Morgan fingerprint density at radius 2 is 1.88 bits per heavy atom. The summed E-state index contributed by atoms with van der Waals surface area (Å²) in [5, 5.41) is 8.89. The zero-order valence-electron chi connectivity index (χ0n) is 19.1. The summed E-state index contributed by atoms with van der Waals surface area (Å²) in [6.07, 6.45) is 4.19. The first-order valence-electron chi connectivity index (χ1n) is 11.4. The summed E-state index contributed by atoms with van der Waals surface area (Å²) in [5.41, 5.74) is 1.16. The lowest BCUT2D eigenvalue weighted by molar-refractivity contribution is 0.373. The van der Waals surface area contributed by atoms with Gasteiger partial charge in [-0.25, -0.2) is 9.67 Å². The van der Waals surface area contributed by atoms with Crippen LogP contribution in [-0.2, 0) is 0 Å². The van der Waals surface area contributed by atoms with Crippen LogP contribution in [0.25, 0.3) is 0 Å². The molecule has 2 aliphatic rings. The minimum atomic E-state index is 0.103. The zero-order valence-corrected chi connectivity index (χ0v) is 19.9. The van der Waals surface area contributed by atoms with Gasteiger partial charge in [-0.2, -0.15) is 4.98 Å². The topological polar surface area (TPSA) is 77.3 Å². The minimum Gasteiger partial charge on any atom is -0.481 e. The molecule has 1 aromatic carbocycles. The van der Waals surface area contributed by atoms with Gasteiger partial charge in [0.15, 0.2) is 0 Å². The molecular weight excluding hydrogens is 440 g/mol. The van der Waals surface area contributed by atoms with Gasteiger partial charge in [0, 0.05) is 37.1 Å². The molecule has 1 aliphatic carbocycles. The lowest BCUT2D eigenvalue weighted by Crippen LogP contribution is -2.48. The highest BCUT2D eigenvalue weighted by Gasteiger charge is 2.42. The fourth-order valence-electron chi connectivity index (χ4n) is 4.93. The Morgan fingerprint density at radius 1 is 1.12 bits per heavy atom. The van der Waals surface area contributed by atoms with Crippen LogP contribution in [0.3, 0.4) is 0 Å². The molecular formula is C24H29ClN6O2. The molecule has 2 fully saturated rings. The molecule has 0 amide bonds. The molecule has 9 heteroatoms. The van der Waals surface area contributed by atoms with E-state index in [1.807, 2.05) is 30.5 Å². The van der Waals surface area contributed by atoms with Crippen LogP contribution in [0.1, 0.15) is 32.7 Å². The lowest BCUT2D eigenvalue weighted by Gasteiger charge is -2.39. The van der Waals surface area contributed by atoms with E-state index >= 15 is 0 Å². The highest BCUT2D eigenvalue weighted by Crippen LogP contribution is 2.40. The smallest absolute Gasteiger partial charge is 0.322 e. The van der Waals surface area contributed by atoms with Crippen LogP contribution in [0.4, 0.5) is 11.6 Å². The van der Waals surface area contributed by atoms with Gasteiger partial charge in [-0.15, -0.1) is 5.10 Å². The zero-order chi connectivity index (χ0) is 22.9. The Balaban J connectivity index is 1.32. The summed E-state index contributed by atoms with van der Waals surface area (Å²) in [7, 11) is 1.65. The predicted octanol–water partition coefficient (Wildman–Crippen LogP) is 5.04. The third-order valence-electron chi connectivity index (χ3n) is 6.55. The van der Waals surface area contributed by atoms with Crippen LogP contribution < -0.4 is 19.7 Å². The van der Waals surface area contributed by atoms with Crippen molar-refractivity contribution in [2.24, 2.45) is 11.8 Å². The van der Waals surface area contributed by atoms with Crippen LogP contribution in [0.2, 0.25) is 5.02 Å².